The first-order valence-electron chi connectivity index (χ1n) is 8.28. The van der Waals surface area contributed by atoms with Gasteiger partial charge < -0.3 is 15.2 Å². The Balaban J connectivity index is 2.81. The van der Waals surface area contributed by atoms with Gasteiger partial charge in [0.05, 0.1) is 18.6 Å². The lowest BCUT2D eigenvalue weighted by Crippen LogP contribution is -2.30. The minimum absolute atomic E-state index is 0.000238. The summed E-state index contributed by atoms with van der Waals surface area (Å²) in [5.41, 5.74) is 2.00. The van der Waals surface area contributed by atoms with E-state index in [1.807, 2.05) is 31.2 Å². The Kier molecular flexibility index (Phi) is 7.42. The molecule has 1 aromatic rings. The predicted molar refractivity (Wildman–Crippen MR) is 94.0 cm³/mol. The smallest absolute Gasteiger partial charge is 0.305 e. The van der Waals surface area contributed by atoms with Crippen molar-refractivity contribution in [3.05, 3.63) is 35.4 Å². The summed E-state index contributed by atoms with van der Waals surface area (Å²) < 4.78 is 5.13. The second-order valence-corrected chi connectivity index (χ2v) is 7.17. The zero-order chi connectivity index (χ0) is 18.3. The van der Waals surface area contributed by atoms with E-state index in [0.29, 0.717) is 12.8 Å². The van der Waals surface area contributed by atoms with Crippen LogP contribution in [0.4, 0.5) is 0 Å². The van der Waals surface area contributed by atoms with Crippen LogP contribution in [0.1, 0.15) is 64.1 Å². The van der Waals surface area contributed by atoms with Gasteiger partial charge in [0.15, 0.2) is 0 Å². The molecule has 0 aliphatic carbocycles. The predicted octanol–water partition coefficient (Wildman–Crippen LogP) is 3.43. The van der Waals surface area contributed by atoms with E-state index in [-0.39, 0.29) is 23.8 Å². The summed E-state index contributed by atoms with van der Waals surface area (Å²) in [7, 11) is 1.60. The zero-order valence-corrected chi connectivity index (χ0v) is 15.3. The quantitative estimate of drug-likeness (QED) is 0.763. The molecule has 5 nitrogen and oxygen atoms in total. The molecule has 0 saturated carbocycles. The maximum Gasteiger partial charge on any atom is 0.305 e. The van der Waals surface area contributed by atoms with Crippen LogP contribution in [0, 0.1) is 0 Å². The third kappa shape index (κ3) is 6.71. The van der Waals surface area contributed by atoms with Gasteiger partial charge in [-0.25, -0.2) is 0 Å². The van der Waals surface area contributed by atoms with Gasteiger partial charge in [0.25, 0.3) is 0 Å². The average Bonchev–Trinajstić information content (AvgIpc) is 2.50. The molecule has 1 aromatic carbocycles. The van der Waals surface area contributed by atoms with E-state index in [4.69, 9.17) is 9.84 Å². The first kappa shape index (κ1) is 20.2. The van der Waals surface area contributed by atoms with Gasteiger partial charge in [-0.2, -0.15) is 0 Å². The number of nitrogens with one attached hydrogen (secondary N) is 1. The standard InChI is InChI=1S/C19H29NO4/c1-13(24-5)6-11-17(21)20-16(12-18(22)23)14-7-9-15(10-8-14)19(2,3)4/h7-10,13,16H,6,11-12H2,1-5H3,(H,20,21)(H,22,23). The van der Waals surface area contributed by atoms with Crippen molar-refractivity contribution in [2.24, 2.45) is 0 Å². The van der Waals surface area contributed by atoms with Gasteiger partial charge in [-0.1, -0.05) is 45.0 Å². The van der Waals surface area contributed by atoms with Crippen molar-refractivity contribution >= 4 is 11.9 Å². The fourth-order valence-electron chi connectivity index (χ4n) is 2.36. The molecular weight excluding hydrogens is 306 g/mol. The minimum Gasteiger partial charge on any atom is -0.481 e. The number of benzene rings is 1. The summed E-state index contributed by atoms with van der Waals surface area (Å²) in [5.74, 6) is -1.10. The highest BCUT2D eigenvalue weighted by molar-refractivity contribution is 5.77. The average molecular weight is 335 g/mol. The van der Waals surface area contributed by atoms with Crippen molar-refractivity contribution in [2.45, 2.75) is 64.5 Å². The van der Waals surface area contributed by atoms with E-state index in [1.54, 1.807) is 7.11 Å². The number of aliphatic carboxylic acids is 1. The third-order valence-corrected chi connectivity index (χ3v) is 4.07. The molecule has 1 amide bonds. The van der Waals surface area contributed by atoms with Crippen LogP contribution in [0.3, 0.4) is 0 Å². The lowest BCUT2D eigenvalue weighted by Gasteiger charge is -2.22. The topological polar surface area (TPSA) is 75.6 Å². The molecule has 0 heterocycles. The second kappa shape index (κ2) is 8.83. The summed E-state index contributed by atoms with van der Waals surface area (Å²) in [5, 5.41) is 12.0. The lowest BCUT2D eigenvalue weighted by molar-refractivity contribution is -0.137. The molecule has 0 aliphatic heterocycles. The van der Waals surface area contributed by atoms with Crippen molar-refractivity contribution < 1.29 is 19.4 Å². The normalized spacial score (nSPS) is 14.0. The second-order valence-electron chi connectivity index (χ2n) is 7.17. The van der Waals surface area contributed by atoms with Crippen LogP contribution in [0.2, 0.25) is 0 Å². The van der Waals surface area contributed by atoms with E-state index >= 15 is 0 Å². The van der Waals surface area contributed by atoms with E-state index < -0.39 is 12.0 Å². The highest BCUT2D eigenvalue weighted by Crippen LogP contribution is 2.25. The Morgan fingerprint density at radius 1 is 1.21 bits per heavy atom. The highest BCUT2D eigenvalue weighted by Gasteiger charge is 2.20. The summed E-state index contributed by atoms with van der Waals surface area (Å²) in [6.45, 7) is 8.26. The van der Waals surface area contributed by atoms with Crippen LogP contribution in [-0.4, -0.2) is 30.2 Å². The summed E-state index contributed by atoms with van der Waals surface area (Å²) in [4.78, 5) is 23.2. The fraction of sp³-hybridized carbons (Fsp3) is 0.579. The van der Waals surface area contributed by atoms with E-state index in [1.165, 1.54) is 5.56 Å². The van der Waals surface area contributed by atoms with Gasteiger partial charge in [-0.05, 0) is 29.9 Å². The van der Waals surface area contributed by atoms with Gasteiger partial charge in [0.2, 0.25) is 5.91 Å². The number of hydrogen-bond acceptors (Lipinski definition) is 3. The van der Waals surface area contributed by atoms with Gasteiger partial charge in [0.1, 0.15) is 0 Å². The van der Waals surface area contributed by atoms with Crippen LogP contribution < -0.4 is 5.32 Å². The Bertz CT molecular complexity index is 545. The molecule has 2 atom stereocenters. The van der Waals surface area contributed by atoms with E-state index in [9.17, 15) is 9.59 Å². The Morgan fingerprint density at radius 2 is 1.79 bits per heavy atom. The van der Waals surface area contributed by atoms with Gasteiger partial charge in [-0.3, -0.25) is 9.59 Å². The molecule has 0 spiro atoms. The molecule has 0 radical (unpaired) electrons. The molecule has 2 unspecified atom stereocenters. The minimum atomic E-state index is -0.939. The monoisotopic (exact) mass is 335 g/mol. The highest BCUT2D eigenvalue weighted by atomic mass is 16.5. The Hall–Kier alpha value is -1.88. The van der Waals surface area contributed by atoms with Crippen molar-refractivity contribution in [2.75, 3.05) is 7.11 Å². The molecule has 134 valence electrons. The van der Waals surface area contributed by atoms with Gasteiger partial charge in [0, 0.05) is 13.5 Å². The number of carbonyl (C=O) groups is 2. The number of methoxy groups -OCH3 is 1. The fourth-order valence-corrected chi connectivity index (χ4v) is 2.36. The summed E-state index contributed by atoms with van der Waals surface area (Å²) >= 11 is 0. The first-order chi connectivity index (χ1) is 11.1. The van der Waals surface area contributed by atoms with Crippen LogP contribution in [0.15, 0.2) is 24.3 Å². The molecule has 0 aromatic heterocycles. The Labute approximate surface area is 144 Å². The maximum absolute atomic E-state index is 12.1. The van der Waals surface area contributed by atoms with E-state index in [2.05, 4.69) is 26.1 Å². The molecule has 5 heteroatoms. The lowest BCUT2D eigenvalue weighted by atomic mass is 9.86. The summed E-state index contributed by atoms with van der Waals surface area (Å²) in [6.07, 6.45) is 0.774. The van der Waals surface area contributed by atoms with Crippen molar-refractivity contribution in [3.63, 3.8) is 0 Å². The van der Waals surface area contributed by atoms with Crippen molar-refractivity contribution in [1.29, 1.82) is 0 Å². The van der Waals surface area contributed by atoms with Crippen LogP contribution >= 0.6 is 0 Å². The molecule has 2 N–H and O–H groups in total. The van der Waals surface area contributed by atoms with Gasteiger partial charge in [-0.15, -0.1) is 0 Å². The van der Waals surface area contributed by atoms with Crippen molar-refractivity contribution in [3.8, 4) is 0 Å². The van der Waals surface area contributed by atoms with Crippen LogP contribution in [0.5, 0.6) is 0 Å². The first-order valence-corrected chi connectivity index (χ1v) is 8.28. The third-order valence-electron chi connectivity index (χ3n) is 4.07. The number of amides is 1. The van der Waals surface area contributed by atoms with Gasteiger partial charge >= 0.3 is 5.97 Å². The largest absolute Gasteiger partial charge is 0.481 e. The number of ether oxygens (including phenoxy) is 1. The Morgan fingerprint density at radius 3 is 2.25 bits per heavy atom. The van der Waals surface area contributed by atoms with Crippen LogP contribution in [0.25, 0.3) is 0 Å². The summed E-state index contributed by atoms with van der Waals surface area (Å²) in [6, 6.07) is 7.24. The molecule has 1 rings (SSSR count). The molecule has 0 aliphatic rings. The zero-order valence-electron chi connectivity index (χ0n) is 15.3. The molecule has 0 saturated heterocycles. The maximum atomic E-state index is 12.1. The molecule has 0 bridgehead atoms. The molecule has 0 fully saturated rings. The number of carbonyl (C=O) groups excluding carboxylic acids is 1. The molecule has 24 heavy (non-hydrogen) atoms. The number of hydrogen-bond donors (Lipinski definition) is 2. The van der Waals surface area contributed by atoms with Crippen molar-refractivity contribution in [1.82, 2.24) is 5.32 Å². The molecular formula is C19H29NO4. The number of carboxylic acids is 1. The number of carboxylic acid groups (broad SMARTS) is 1. The van der Waals surface area contributed by atoms with E-state index in [0.717, 1.165) is 5.56 Å². The van der Waals surface area contributed by atoms with Crippen LogP contribution in [-0.2, 0) is 19.7 Å². The number of rotatable bonds is 8. The SMILES string of the molecule is COC(C)CCC(=O)NC(CC(=O)O)c1ccc(C(C)(C)C)cc1.